The summed E-state index contributed by atoms with van der Waals surface area (Å²) in [4.78, 5) is 10.8. The smallest absolute Gasteiger partial charge is 0.265 e. The van der Waals surface area contributed by atoms with Gasteiger partial charge in [0, 0.05) is 10.5 Å². The average Bonchev–Trinajstić information content (AvgIpc) is 2.35. The van der Waals surface area contributed by atoms with Crippen LogP contribution >= 0.6 is 15.9 Å². The summed E-state index contributed by atoms with van der Waals surface area (Å²) in [7, 11) is -3.87. The molecule has 4 N–H and O–H groups in total. The van der Waals surface area contributed by atoms with Crippen molar-refractivity contribution in [1.82, 2.24) is 10.2 Å². The van der Waals surface area contributed by atoms with Crippen LogP contribution < -0.4 is 16.0 Å². The predicted molar refractivity (Wildman–Crippen MR) is 74.2 cm³/mol. The molecule has 9 heteroatoms. The minimum absolute atomic E-state index is 0.000949. The largest absolute Gasteiger partial charge is 0.398 e. The Balaban J connectivity index is 2.40. The maximum atomic E-state index is 12.1. The van der Waals surface area contributed by atoms with E-state index in [-0.39, 0.29) is 16.4 Å². The number of H-pyrrole nitrogens is 1. The van der Waals surface area contributed by atoms with Crippen LogP contribution in [-0.2, 0) is 10.0 Å². The summed E-state index contributed by atoms with van der Waals surface area (Å²) < 4.78 is 27.0. The number of hydrogen-bond acceptors (Lipinski definition) is 5. The fraction of sp³-hybridized carbons (Fsp3) is 0. The van der Waals surface area contributed by atoms with Crippen LogP contribution in [0.3, 0.4) is 0 Å². The third-order valence-corrected chi connectivity index (χ3v) is 4.09. The van der Waals surface area contributed by atoms with E-state index >= 15 is 0 Å². The number of nitrogens with one attached hydrogen (secondary N) is 2. The van der Waals surface area contributed by atoms with Gasteiger partial charge in [0.1, 0.15) is 4.90 Å². The number of rotatable bonds is 3. The summed E-state index contributed by atoms with van der Waals surface area (Å²) in [5.41, 5.74) is 5.32. The molecule has 0 aliphatic carbocycles. The average molecular weight is 345 g/mol. The van der Waals surface area contributed by atoms with Crippen molar-refractivity contribution in [2.75, 3.05) is 10.5 Å². The number of anilines is 2. The number of nitrogens with zero attached hydrogens (tertiary/aromatic N) is 1. The van der Waals surface area contributed by atoms with Crippen molar-refractivity contribution >= 4 is 37.5 Å². The Bertz CT molecular complexity index is 752. The summed E-state index contributed by atoms with van der Waals surface area (Å²) >= 11 is 3.17. The highest BCUT2D eigenvalue weighted by Crippen LogP contribution is 2.24. The number of benzene rings is 1. The highest BCUT2D eigenvalue weighted by molar-refractivity contribution is 9.10. The van der Waals surface area contributed by atoms with Crippen LogP contribution in [0, 0.1) is 0 Å². The van der Waals surface area contributed by atoms with Gasteiger partial charge in [-0.25, -0.2) is 13.5 Å². The molecule has 0 bridgehead atoms. The summed E-state index contributed by atoms with van der Waals surface area (Å²) in [6, 6.07) is 6.90. The molecule has 0 amide bonds. The topological polar surface area (TPSA) is 118 Å². The molecule has 0 atom stereocenters. The zero-order valence-corrected chi connectivity index (χ0v) is 11.8. The molecule has 0 aliphatic rings. The van der Waals surface area contributed by atoms with Gasteiger partial charge in [-0.1, -0.05) is 15.9 Å². The van der Waals surface area contributed by atoms with Crippen molar-refractivity contribution in [1.29, 1.82) is 0 Å². The Morgan fingerprint density at radius 3 is 2.63 bits per heavy atom. The van der Waals surface area contributed by atoms with Gasteiger partial charge in [-0.2, -0.15) is 5.10 Å². The molecule has 1 aromatic carbocycles. The molecule has 2 aromatic rings. The van der Waals surface area contributed by atoms with Gasteiger partial charge in [-0.3, -0.25) is 9.52 Å². The highest BCUT2D eigenvalue weighted by Gasteiger charge is 2.18. The number of aromatic nitrogens is 2. The summed E-state index contributed by atoms with van der Waals surface area (Å²) in [5.74, 6) is -0.000949. The highest BCUT2D eigenvalue weighted by atomic mass is 79.9. The van der Waals surface area contributed by atoms with Crippen LogP contribution in [0.4, 0.5) is 11.5 Å². The Morgan fingerprint density at radius 1 is 1.26 bits per heavy atom. The van der Waals surface area contributed by atoms with Crippen LogP contribution in [0.1, 0.15) is 0 Å². The van der Waals surface area contributed by atoms with E-state index in [0.29, 0.717) is 4.47 Å². The number of halogens is 1. The van der Waals surface area contributed by atoms with E-state index in [1.54, 1.807) is 6.07 Å². The van der Waals surface area contributed by atoms with Crippen molar-refractivity contribution < 1.29 is 8.42 Å². The lowest BCUT2D eigenvalue weighted by Crippen LogP contribution is -2.17. The van der Waals surface area contributed by atoms with Gasteiger partial charge in [-0.15, -0.1) is 0 Å². The molecular weight excluding hydrogens is 336 g/mol. The Morgan fingerprint density at radius 2 is 2.00 bits per heavy atom. The van der Waals surface area contributed by atoms with Crippen LogP contribution in [0.15, 0.2) is 44.5 Å². The van der Waals surface area contributed by atoms with E-state index in [2.05, 4.69) is 30.8 Å². The molecule has 2 rings (SSSR count). The first-order chi connectivity index (χ1) is 8.88. The Labute approximate surface area is 117 Å². The lowest BCUT2D eigenvalue weighted by Gasteiger charge is -2.09. The molecule has 0 radical (unpaired) electrons. The first-order valence-electron chi connectivity index (χ1n) is 5.02. The van der Waals surface area contributed by atoms with Gasteiger partial charge in [0.25, 0.3) is 15.6 Å². The van der Waals surface area contributed by atoms with Crippen LogP contribution in [0.25, 0.3) is 0 Å². The molecule has 7 nitrogen and oxygen atoms in total. The SMILES string of the molecule is Nc1ccc(Br)cc1S(=O)(=O)Nc1ccc(=O)[nH]n1. The Hall–Kier alpha value is -1.87. The van der Waals surface area contributed by atoms with Gasteiger partial charge >= 0.3 is 0 Å². The maximum Gasteiger partial charge on any atom is 0.265 e. The van der Waals surface area contributed by atoms with E-state index in [1.165, 1.54) is 18.2 Å². The third kappa shape index (κ3) is 3.12. The molecule has 0 aliphatic heterocycles. The molecule has 0 unspecified atom stereocenters. The second-order valence-corrected chi connectivity index (χ2v) is 6.16. The number of aromatic amines is 1. The van der Waals surface area contributed by atoms with Crippen molar-refractivity contribution in [3.05, 3.63) is 45.2 Å². The van der Waals surface area contributed by atoms with E-state index < -0.39 is 15.6 Å². The standard InChI is InChI=1S/C10H9BrN4O3S/c11-6-1-2-7(12)8(5-6)19(17,18)15-9-3-4-10(16)14-13-9/h1-5H,12H2,(H,13,15)(H,14,16). The number of sulfonamides is 1. The van der Waals surface area contributed by atoms with Crippen molar-refractivity contribution in [3.8, 4) is 0 Å². The van der Waals surface area contributed by atoms with Crippen LogP contribution in [0.2, 0.25) is 0 Å². The zero-order chi connectivity index (χ0) is 14.0. The minimum Gasteiger partial charge on any atom is -0.398 e. The van der Waals surface area contributed by atoms with Crippen molar-refractivity contribution in [3.63, 3.8) is 0 Å². The lowest BCUT2D eigenvalue weighted by atomic mass is 10.3. The first kappa shape index (κ1) is 13.6. The summed E-state index contributed by atoms with van der Waals surface area (Å²) in [6.45, 7) is 0. The van der Waals surface area contributed by atoms with Gasteiger partial charge in [-0.05, 0) is 24.3 Å². The number of hydrogen-bond donors (Lipinski definition) is 3. The monoisotopic (exact) mass is 344 g/mol. The van der Waals surface area contributed by atoms with Gasteiger partial charge in [0.05, 0.1) is 5.69 Å². The predicted octanol–water partition coefficient (Wildman–Crippen LogP) is 0.915. The molecule has 100 valence electrons. The first-order valence-corrected chi connectivity index (χ1v) is 7.30. The van der Waals surface area contributed by atoms with Crippen LogP contribution in [-0.4, -0.2) is 18.6 Å². The van der Waals surface area contributed by atoms with E-state index in [4.69, 9.17) is 5.73 Å². The van der Waals surface area contributed by atoms with Crippen molar-refractivity contribution in [2.24, 2.45) is 0 Å². The van der Waals surface area contributed by atoms with E-state index in [0.717, 1.165) is 6.07 Å². The van der Waals surface area contributed by atoms with Crippen LogP contribution in [0.5, 0.6) is 0 Å². The lowest BCUT2D eigenvalue weighted by molar-refractivity contribution is 0.601. The molecular formula is C10H9BrN4O3S. The second kappa shape index (κ2) is 5.02. The molecule has 0 saturated carbocycles. The second-order valence-electron chi connectivity index (χ2n) is 3.59. The van der Waals surface area contributed by atoms with E-state index in [1.807, 2.05) is 0 Å². The Kier molecular flexibility index (Phi) is 3.58. The molecule has 0 saturated heterocycles. The minimum atomic E-state index is -3.87. The maximum absolute atomic E-state index is 12.1. The molecule has 19 heavy (non-hydrogen) atoms. The zero-order valence-electron chi connectivity index (χ0n) is 9.42. The fourth-order valence-electron chi connectivity index (χ4n) is 1.33. The third-order valence-electron chi connectivity index (χ3n) is 2.18. The summed E-state index contributed by atoms with van der Waals surface area (Å²) in [5, 5.41) is 5.69. The van der Waals surface area contributed by atoms with Gasteiger partial charge in [0.15, 0.2) is 5.82 Å². The van der Waals surface area contributed by atoms with Crippen molar-refractivity contribution in [2.45, 2.75) is 4.90 Å². The van der Waals surface area contributed by atoms with Gasteiger partial charge in [0.2, 0.25) is 0 Å². The van der Waals surface area contributed by atoms with Gasteiger partial charge < -0.3 is 5.73 Å². The molecule has 1 heterocycles. The normalized spacial score (nSPS) is 11.2. The molecule has 0 spiro atoms. The van der Waals surface area contributed by atoms with E-state index in [9.17, 15) is 13.2 Å². The molecule has 0 fully saturated rings. The number of nitrogens with two attached hydrogens (primary N) is 1. The molecule has 1 aromatic heterocycles. The fourth-order valence-corrected chi connectivity index (χ4v) is 3.01. The quantitative estimate of drug-likeness (QED) is 0.715. The summed E-state index contributed by atoms with van der Waals surface area (Å²) in [6.07, 6.45) is 0. The number of nitrogen functional groups attached to an aromatic ring is 1.